The van der Waals surface area contributed by atoms with Crippen LogP contribution in [-0.2, 0) is 21.3 Å². The normalized spacial score (nSPS) is 15.8. The van der Waals surface area contributed by atoms with E-state index in [9.17, 15) is 8.42 Å². The average molecular weight is 381 g/mol. The maximum absolute atomic E-state index is 12.8. The Labute approximate surface area is 134 Å². The number of nitrogens with zero attached hydrogens (tertiary/aromatic N) is 1. The predicted molar refractivity (Wildman–Crippen MR) is 82.6 cm³/mol. The summed E-state index contributed by atoms with van der Waals surface area (Å²) in [6.07, 6.45) is 1.81. The second-order valence-corrected chi connectivity index (χ2v) is 7.55. The molecule has 0 atom stereocenters. The molecule has 0 aromatic carbocycles. The van der Waals surface area contributed by atoms with Crippen molar-refractivity contribution >= 4 is 26.0 Å². The van der Waals surface area contributed by atoms with Crippen LogP contribution in [0.1, 0.15) is 25.5 Å². The number of rotatable bonds is 9. The van der Waals surface area contributed by atoms with Gasteiger partial charge in [-0.1, -0.05) is 6.92 Å². The van der Waals surface area contributed by atoms with E-state index in [4.69, 9.17) is 9.15 Å². The molecule has 8 heteroatoms. The summed E-state index contributed by atoms with van der Waals surface area (Å²) >= 11 is 3.22. The Bertz CT molecular complexity index is 569. The number of nitrogens with one attached hydrogen (secondary N) is 1. The Morgan fingerprint density at radius 3 is 2.81 bits per heavy atom. The minimum atomic E-state index is -3.56. The lowest BCUT2D eigenvalue weighted by molar-refractivity contribution is 0.177. The molecule has 1 aliphatic carbocycles. The quantitative estimate of drug-likeness (QED) is 0.708. The minimum Gasteiger partial charge on any atom is -0.452 e. The summed E-state index contributed by atoms with van der Waals surface area (Å²) in [4.78, 5) is 0.193. The van der Waals surface area contributed by atoms with Gasteiger partial charge in [-0.3, -0.25) is 0 Å². The van der Waals surface area contributed by atoms with Crippen LogP contribution < -0.4 is 5.32 Å². The van der Waals surface area contributed by atoms with Gasteiger partial charge in [0.25, 0.3) is 0 Å². The van der Waals surface area contributed by atoms with Gasteiger partial charge in [0.05, 0.1) is 13.2 Å². The summed E-state index contributed by atoms with van der Waals surface area (Å²) in [6, 6.07) is 1.67. The molecule has 0 amide bonds. The van der Waals surface area contributed by atoms with Crippen molar-refractivity contribution in [3.63, 3.8) is 0 Å². The average Bonchev–Trinajstić information content (AvgIpc) is 3.19. The van der Waals surface area contributed by atoms with Crippen molar-refractivity contribution in [1.82, 2.24) is 9.62 Å². The molecule has 0 saturated heterocycles. The van der Waals surface area contributed by atoms with Crippen molar-refractivity contribution < 1.29 is 17.6 Å². The first-order chi connectivity index (χ1) is 10.0. The highest BCUT2D eigenvalue weighted by Gasteiger charge is 2.39. The lowest BCUT2D eigenvalue weighted by Gasteiger charge is -2.20. The van der Waals surface area contributed by atoms with Crippen LogP contribution in [-0.4, -0.2) is 45.6 Å². The number of hydrogen-bond donors (Lipinski definition) is 1. The standard InChI is InChI=1S/C13H21BrN2O4S/c1-3-15-9-11-8-12(13(14)20-11)21(17,18)16(6-7-19-2)10-4-5-10/h8,10,15H,3-7,9H2,1-2H3. The van der Waals surface area contributed by atoms with Gasteiger partial charge in [-0.15, -0.1) is 0 Å². The number of halogens is 1. The van der Waals surface area contributed by atoms with Gasteiger partial charge in [-0.25, -0.2) is 8.42 Å². The highest BCUT2D eigenvalue weighted by atomic mass is 79.9. The van der Waals surface area contributed by atoms with Crippen molar-refractivity contribution in [2.45, 2.75) is 37.2 Å². The molecule has 0 bridgehead atoms. The van der Waals surface area contributed by atoms with Crippen LogP contribution in [0.2, 0.25) is 0 Å². The summed E-state index contributed by atoms with van der Waals surface area (Å²) in [5, 5.41) is 3.11. The third-order valence-corrected chi connectivity index (χ3v) is 6.12. The van der Waals surface area contributed by atoms with Gasteiger partial charge in [0.2, 0.25) is 10.0 Å². The third-order valence-electron chi connectivity index (χ3n) is 3.31. The summed E-state index contributed by atoms with van der Waals surface area (Å²) in [6.45, 7) is 4.03. The number of hydrogen-bond acceptors (Lipinski definition) is 5. The van der Waals surface area contributed by atoms with Gasteiger partial charge >= 0.3 is 0 Å². The van der Waals surface area contributed by atoms with Crippen LogP contribution >= 0.6 is 15.9 Å². The second-order valence-electron chi connectivity index (χ2n) is 4.97. The molecule has 0 aliphatic heterocycles. The Morgan fingerprint density at radius 1 is 1.52 bits per heavy atom. The number of furan rings is 1. The van der Waals surface area contributed by atoms with E-state index in [0.29, 0.717) is 25.5 Å². The zero-order valence-electron chi connectivity index (χ0n) is 12.3. The van der Waals surface area contributed by atoms with Crippen molar-refractivity contribution in [3.8, 4) is 0 Å². The molecule has 6 nitrogen and oxygen atoms in total. The monoisotopic (exact) mass is 380 g/mol. The van der Waals surface area contributed by atoms with Gasteiger partial charge in [0.15, 0.2) is 4.67 Å². The molecule has 120 valence electrons. The Balaban J connectivity index is 2.22. The number of sulfonamides is 1. The van der Waals surface area contributed by atoms with E-state index in [1.807, 2.05) is 6.92 Å². The lowest BCUT2D eigenvalue weighted by Crippen LogP contribution is -2.35. The fourth-order valence-corrected chi connectivity index (χ4v) is 4.71. The van der Waals surface area contributed by atoms with E-state index in [1.165, 1.54) is 4.31 Å². The van der Waals surface area contributed by atoms with E-state index in [0.717, 1.165) is 19.4 Å². The van der Waals surface area contributed by atoms with Crippen molar-refractivity contribution in [3.05, 3.63) is 16.5 Å². The smallest absolute Gasteiger partial charge is 0.247 e. The van der Waals surface area contributed by atoms with E-state index >= 15 is 0 Å². The summed E-state index contributed by atoms with van der Waals surface area (Å²) in [7, 11) is -1.99. The summed E-state index contributed by atoms with van der Waals surface area (Å²) < 4.78 is 37.8. The molecule has 1 aliphatic rings. The lowest BCUT2D eigenvalue weighted by atomic mass is 10.4. The molecule has 1 saturated carbocycles. The zero-order chi connectivity index (χ0) is 15.5. The molecular formula is C13H21BrN2O4S. The first kappa shape index (κ1) is 17.0. The molecule has 1 fully saturated rings. The van der Waals surface area contributed by atoms with Crippen LogP contribution in [0.25, 0.3) is 0 Å². The molecule has 1 aromatic heterocycles. The first-order valence-electron chi connectivity index (χ1n) is 7.00. The number of methoxy groups -OCH3 is 1. The fraction of sp³-hybridized carbons (Fsp3) is 0.692. The Hall–Kier alpha value is -0.410. The van der Waals surface area contributed by atoms with Gasteiger partial charge in [-0.2, -0.15) is 4.31 Å². The van der Waals surface area contributed by atoms with Crippen molar-refractivity contribution in [1.29, 1.82) is 0 Å². The number of ether oxygens (including phenoxy) is 1. The fourth-order valence-electron chi connectivity index (χ4n) is 2.08. The van der Waals surface area contributed by atoms with Crippen LogP contribution in [0, 0.1) is 0 Å². The van der Waals surface area contributed by atoms with Gasteiger partial charge < -0.3 is 14.5 Å². The van der Waals surface area contributed by atoms with E-state index < -0.39 is 10.0 Å². The van der Waals surface area contributed by atoms with Gasteiger partial charge in [-0.05, 0) is 35.3 Å². The molecule has 0 unspecified atom stereocenters. The summed E-state index contributed by atoms with van der Waals surface area (Å²) in [5.41, 5.74) is 0. The molecule has 2 rings (SSSR count). The van der Waals surface area contributed by atoms with E-state index in [2.05, 4.69) is 21.2 Å². The van der Waals surface area contributed by atoms with Crippen molar-refractivity contribution in [2.75, 3.05) is 26.8 Å². The first-order valence-corrected chi connectivity index (χ1v) is 9.23. The van der Waals surface area contributed by atoms with Crippen molar-refractivity contribution in [2.24, 2.45) is 0 Å². The van der Waals surface area contributed by atoms with Crippen LogP contribution in [0.4, 0.5) is 0 Å². The molecule has 0 spiro atoms. The SMILES string of the molecule is CCNCc1cc(S(=O)(=O)N(CCOC)C2CC2)c(Br)o1. The largest absolute Gasteiger partial charge is 0.452 e. The molecular weight excluding hydrogens is 360 g/mol. The van der Waals surface area contributed by atoms with E-state index in [1.54, 1.807) is 13.2 Å². The molecule has 21 heavy (non-hydrogen) atoms. The highest BCUT2D eigenvalue weighted by molar-refractivity contribution is 9.10. The molecule has 1 aromatic rings. The molecule has 1 N–H and O–H groups in total. The Morgan fingerprint density at radius 2 is 2.24 bits per heavy atom. The van der Waals surface area contributed by atoms with Crippen LogP contribution in [0.3, 0.4) is 0 Å². The topological polar surface area (TPSA) is 71.8 Å². The maximum Gasteiger partial charge on any atom is 0.247 e. The predicted octanol–water partition coefficient (Wildman–Crippen LogP) is 1.95. The van der Waals surface area contributed by atoms with E-state index in [-0.39, 0.29) is 15.6 Å². The van der Waals surface area contributed by atoms with Crippen LogP contribution in [0.15, 0.2) is 20.0 Å². The maximum atomic E-state index is 12.8. The zero-order valence-corrected chi connectivity index (χ0v) is 14.7. The van der Waals surface area contributed by atoms with Gasteiger partial charge in [0.1, 0.15) is 10.7 Å². The highest BCUT2D eigenvalue weighted by Crippen LogP contribution is 2.35. The summed E-state index contributed by atoms with van der Waals surface area (Å²) in [5.74, 6) is 0.602. The van der Waals surface area contributed by atoms with Gasteiger partial charge in [0, 0.05) is 25.8 Å². The van der Waals surface area contributed by atoms with Crippen LogP contribution in [0.5, 0.6) is 0 Å². The Kier molecular flexibility index (Phi) is 5.84. The second kappa shape index (κ2) is 7.23. The minimum absolute atomic E-state index is 0.0872. The molecule has 1 heterocycles. The third kappa shape index (κ3) is 4.07. The molecule has 0 radical (unpaired) electrons.